The fraction of sp³-hybridized carbons (Fsp3) is 0.929. The van der Waals surface area contributed by atoms with Gasteiger partial charge in [0.25, 0.3) is 0 Å². The van der Waals surface area contributed by atoms with Gasteiger partial charge in [0.1, 0.15) is 5.54 Å². The summed E-state index contributed by atoms with van der Waals surface area (Å²) < 4.78 is 5.32. The van der Waals surface area contributed by atoms with Gasteiger partial charge in [0.15, 0.2) is 0 Å². The lowest BCUT2D eigenvalue weighted by molar-refractivity contribution is -0.153. The van der Waals surface area contributed by atoms with Crippen LogP contribution in [0.25, 0.3) is 0 Å². The van der Waals surface area contributed by atoms with Crippen LogP contribution in [-0.4, -0.2) is 74.7 Å². The summed E-state index contributed by atoms with van der Waals surface area (Å²) in [5, 5.41) is 3.29. The molecule has 1 aliphatic heterocycles. The maximum Gasteiger partial charge on any atom is 0.327 e. The van der Waals surface area contributed by atoms with Crippen LogP contribution in [-0.2, 0) is 9.53 Å². The van der Waals surface area contributed by atoms with Gasteiger partial charge >= 0.3 is 5.97 Å². The molecule has 1 saturated carbocycles. The zero-order valence-corrected chi connectivity index (χ0v) is 12.4. The fourth-order valence-electron chi connectivity index (χ4n) is 2.94. The Bertz CT molecular complexity index is 312. The highest BCUT2D eigenvalue weighted by molar-refractivity contribution is 5.82. The van der Waals surface area contributed by atoms with Gasteiger partial charge in [-0.2, -0.15) is 0 Å². The molecule has 19 heavy (non-hydrogen) atoms. The number of carbonyl (C=O) groups excluding carboxylic acids is 1. The molecule has 0 radical (unpaired) electrons. The average molecular weight is 269 g/mol. The predicted molar refractivity (Wildman–Crippen MR) is 75.1 cm³/mol. The minimum atomic E-state index is -0.494. The maximum atomic E-state index is 12.4. The first-order valence-electron chi connectivity index (χ1n) is 7.39. The zero-order chi connectivity index (χ0) is 13.9. The molecule has 0 aromatic carbocycles. The van der Waals surface area contributed by atoms with Crippen LogP contribution in [0, 0.1) is 5.92 Å². The molecule has 5 nitrogen and oxygen atoms in total. The van der Waals surface area contributed by atoms with E-state index in [1.54, 1.807) is 0 Å². The second-order valence-electron chi connectivity index (χ2n) is 5.80. The standard InChI is InChI=1S/C14H27N3O2/c1-4-19-13(18)14(15-2,12-5-6-12)11-17-9-7-16(3)8-10-17/h12,15H,4-11H2,1-3H3. The van der Waals surface area contributed by atoms with Gasteiger partial charge in [-0.3, -0.25) is 4.90 Å². The Morgan fingerprint density at radius 3 is 2.42 bits per heavy atom. The number of rotatable bonds is 6. The normalized spacial score (nSPS) is 25.0. The van der Waals surface area contributed by atoms with Crippen molar-refractivity contribution >= 4 is 5.97 Å². The highest BCUT2D eigenvalue weighted by Crippen LogP contribution is 2.41. The van der Waals surface area contributed by atoms with Crippen LogP contribution >= 0.6 is 0 Å². The molecule has 1 aliphatic carbocycles. The van der Waals surface area contributed by atoms with Gasteiger partial charge < -0.3 is 15.0 Å². The van der Waals surface area contributed by atoms with Crippen molar-refractivity contribution in [1.82, 2.24) is 15.1 Å². The van der Waals surface area contributed by atoms with E-state index < -0.39 is 5.54 Å². The first kappa shape index (κ1) is 14.8. The van der Waals surface area contributed by atoms with Crippen molar-refractivity contribution in [2.45, 2.75) is 25.3 Å². The van der Waals surface area contributed by atoms with Crippen LogP contribution in [0.5, 0.6) is 0 Å². The van der Waals surface area contributed by atoms with Crippen LogP contribution in [0.2, 0.25) is 0 Å². The number of hydrogen-bond acceptors (Lipinski definition) is 5. The van der Waals surface area contributed by atoms with Crippen LogP contribution in [0.15, 0.2) is 0 Å². The molecular formula is C14H27N3O2. The van der Waals surface area contributed by atoms with E-state index in [1.165, 1.54) is 0 Å². The van der Waals surface area contributed by atoms with Gasteiger partial charge in [-0.1, -0.05) is 0 Å². The van der Waals surface area contributed by atoms with Gasteiger partial charge in [-0.05, 0) is 39.8 Å². The lowest BCUT2D eigenvalue weighted by Crippen LogP contribution is -2.62. The summed E-state index contributed by atoms with van der Waals surface area (Å²) in [6.45, 7) is 7.33. The minimum absolute atomic E-state index is 0.0704. The van der Waals surface area contributed by atoms with Crippen molar-refractivity contribution in [3.63, 3.8) is 0 Å². The maximum absolute atomic E-state index is 12.4. The van der Waals surface area contributed by atoms with Gasteiger partial charge in [0.05, 0.1) is 6.61 Å². The smallest absolute Gasteiger partial charge is 0.327 e. The fourth-order valence-corrected chi connectivity index (χ4v) is 2.94. The highest BCUT2D eigenvalue weighted by atomic mass is 16.5. The van der Waals surface area contributed by atoms with Crippen molar-refractivity contribution in [3.8, 4) is 0 Å². The Kier molecular flexibility index (Phi) is 4.81. The molecule has 0 amide bonds. The summed E-state index contributed by atoms with van der Waals surface area (Å²) in [6.07, 6.45) is 2.26. The molecule has 0 aromatic heterocycles. The van der Waals surface area contributed by atoms with Crippen molar-refractivity contribution in [1.29, 1.82) is 0 Å². The molecule has 0 aromatic rings. The molecule has 2 aliphatic rings. The quantitative estimate of drug-likeness (QED) is 0.696. The monoisotopic (exact) mass is 269 g/mol. The summed E-state index contributed by atoms with van der Waals surface area (Å²) in [6, 6.07) is 0. The van der Waals surface area contributed by atoms with E-state index >= 15 is 0 Å². The average Bonchev–Trinajstić information content (AvgIpc) is 3.23. The lowest BCUT2D eigenvalue weighted by atomic mass is 9.92. The SMILES string of the molecule is CCOC(=O)C(CN1CCN(C)CC1)(NC)C1CC1. The number of esters is 1. The van der Waals surface area contributed by atoms with Crippen molar-refractivity contribution in [3.05, 3.63) is 0 Å². The third-order valence-electron chi connectivity index (χ3n) is 4.43. The second-order valence-corrected chi connectivity index (χ2v) is 5.80. The van der Waals surface area contributed by atoms with Crippen molar-refractivity contribution in [2.24, 2.45) is 5.92 Å². The number of likely N-dealkylation sites (N-methyl/N-ethyl adjacent to an activating group) is 2. The van der Waals surface area contributed by atoms with Crippen LogP contribution in [0.3, 0.4) is 0 Å². The molecule has 1 unspecified atom stereocenters. The van der Waals surface area contributed by atoms with Crippen molar-refractivity contribution < 1.29 is 9.53 Å². The van der Waals surface area contributed by atoms with Gasteiger partial charge in [-0.25, -0.2) is 4.79 Å². The summed E-state index contributed by atoms with van der Waals surface area (Å²) in [7, 11) is 4.04. The van der Waals surface area contributed by atoms with E-state index in [-0.39, 0.29) is 5.97 Å². The molecule has 2 fully saturated rings. The molecule has 1 N–H and O–H groups in total. The number of ether oxygens (including phenoxy) is 1. The van der Waals surface area contributed by atoms with E-state index in [1.807, 2.05) is 14.0 Å². The second kappa shape index (κ2) is 6.20. The molecular weight excluding hydrogens is 242 g/mol. The van der Waals surface area contributed by atoms with Gasteiger partial charge in [0.2, 0.25) is 0 Å². The summed E-state index contributed by atoms with van der Waals surface area (Å²) in [5.41, 5.74) is -0.494. The molecule has 1 atom stereocenters. The molecule has 0 spiro atoms. The molecule has 5 heteroatoms. The highest BCUT2D eigenvalue weighted by Gasteiger charge is 2.52. The van der Waals surface area contributed by atoms with E-state index in [0.29, 0.717) is 12.5 Å². The zero-order valence-electron chi connectivity index (χ0n) is 12.4. The van der Waals surface area contributed by atoms with Crippen LogP contribution in [0.4, 0.5) is 0 Å². The van der Waals surface area contributed by atoms with E-state index in [4.69, 9.17) is 4.74 Å². The number of nitrogens with one attached hydrogen (secondary N) is 1. The summed E-state index contributed by atoms with van der Waals surface area (Å²) in [5.74, 6) is 0.370. The third kappa shape index (κ3) is 3.27. The number of nitrogens with zero attached hydrogens (tertiary/aromatic N) is 2. The number of piperazine rings is 1. The number of hydrogen-bond donors (Lipinski definition) is 1. The van der Waals surface area contributed by atoms with Crippen LogP contribution in [0.1, 0.15) is 19.8 Å². The summed E-state index contributed by atoms with van der Waals surface area (Å²) in [4.78, 5) is 17.1. The van der Waals surface area contributed by atoms with E-state index in [2.05, 4.69) is 22.2 Å². The molecule has 110 valence electrons. The first-order valence-corrected chi connectivity index (χ1v) is 7.39. The Labute approximate surface area is 116 Å². The Morgan fingerprint density at radius 1 is 1.32 bits per heavy atom. The minimum Gasteiger partial charge on any atom is -0.465 e. The Morgan fingerprint density at radius 2 is 1.95 bits per heavy atom. The third-order valence-corrected chi connectivity index (χ3v) is 4.43. The van der Waals surface area contributed by atoms with Gasteiger partial charge in [-0.15, -0.1) is 0 Å². The lowest BCUT2D eigenvalue weighted by Gasteiger charge is -2.40. The molecule has 2 rings (SSSR count). The molecule has 0 bridgehead atoms. The molecule has 1 saturated heterocycles. The van der Waals surface area contributed by atoms with E-state index in [0.717, 1.165) is 45.6 Å². The Balaban J connectivity index is 2.03. The number of carbonyl (C=O) groups is 1. The van der Waals surface area contributed by atoms with Crippen molar-refractivity contribution in [2.75, 3.05) is 53.4 Å². The summed E-state index contributed by atoms with van der Waals surface area (Å²) >= 11 is 0. The molecule has 1 heterocycles. The Hall–Kier alpha value is -0.650. The topological polar surface area (TPSA) is 44.8 Å². The largest absolute Gasteiger partial charge is 0.465 e. The van der Waals surface area contributed by atoms with Crippen LogP contribution < -0.4 is 5.32 Å². The first-order chi connectivity index (χ1) is 9.12. The predicted octanol–water partition coefficient (Wildman–Crippen LogP) is 0.165. The van der Waals surface area contributed by atoms with E-state index in [9.17, 15) is 4.79 Å². The van der Waals surface area contributed by atoms with Gasteiger partial charge in [0, 0.05) is 32.7 Å².